The van der Waals surface area contributed by atoms with Gasteiger partial charge in [0.1, 0.15) is 11.0 Å². The lowest BCUT2D eigenvalue weighted by Crippen LogP contribution is -2.23. The lowest BCUT2D eigenvalue weighted by molar-refractivity contribution is -0.0410. The van der Waals surface area contributed by atoms with E-state index in [4.69, 9.17) is 4.74 Å². The zero-order chi connectivity index (χ0) is 16.9. The lowest BCUT2D eigenvalue weighted by Gasteiger charge is -2.26. The van der Waals surface area contributed by atoms with Crippen molar-refractivity contribution in [2.75, 3.05) is 17.6 Å². The van der Waals surface area contributed by atoms with Crippen LogP contribution in [0, 0.1) is 5.92 Å². The van der Waals surface area contributed by atoms with Gasteiger partial charge in [0.2, 0.25) is 11.8 Å². The van der Waals surface area contributed by atoms with Crippen molar-refractivity contribution in [2.24, 2.45) is 5.92 Å². The van der Waals surface area contributed by atoms with Crippen LogP contribution in [-0.4, -0.2) is 28.0 Å². The molecule has 1 saturated carbocycles. The average molecular weight is 344 g/mol. The molecule has 1 aliphatic rings. The minimum atomic E-state index is -2.52. The minimum Gasteiger partial charge on any atom is -0.478 e. The van der Waals surface area contributed by atoms with Gasteiger partial charge in [0.15, 0.2) is 0 Å². The summed E-state index contributed by atoms with van der Waals surface area (Å²) in [5.41, 5.74) is 1.38. The number of nitrogens with zero attached hydrogens (tertiary/aromatic N) is 1. The van der Waals surface area contributed by atoms with Crippen LogP contribution in [0.1, 0.15) is 38.2 Å². The first-order valence-electron chi connectivity index (χ1n) is 7.68. The summed E-state index contributed by atoms with van der Waals surface area (Å²) in [5.74, 6) is -1.89. The Morgan fingerprint density at radius 3 is 2.78 bits per heavy atom. The molecule has 0 radical (unpaired) electrons. The molecule has 0 bridgehead atoms. The van der Waals surface area contributed by atoms with Gasteiger partial charge in [0.05, 0.1) is 18.5 Å². The number of rotatable bonds is 6. The SMILES string of the molecule is CCOc1ncc(NS(C)=O)cc1/C=C/C1CCC(F)(F)CC1. The zero-order valence-electron chi connectivity index (χ0n) is 13.4. The number of ether oxygens (including phenoxy) is 1. The van der Waals surface area contributed by atoms with Gasteiger partial charge in [0.25, 0.3) is 0 Å². The predicted molar refractivity (Wildman–Crippen MR) is 89.0 cm³/mol. The van der Waals surface area contributed by atoms with Crippen LogP contribution in [0.2, 0.25) is 0 Å². The second kappa shape index (κ2) is 7.86. The normalized spacial score (nSPS) is 19.7. The molecule has 0 aromatic carbocycles. The second-order valence-corrected chi connectivity index (χ2v) is 6.77. The topological polar surface area (TPSA) is 51.2 Å². The van der Waals surface area contributed by atoms with E-state index in [1.54, 1.807) is 12.3 Å². The molecule has 0 saturated heterocycles. The summed E-state index contributed by atoms with van der Waals surface area (Å²) in [4.78, 5) is 4.22. The number of hydrogen-bond donors (Lipinski definition) is 1. The van der Waals surface area contributed by atoms with Gasteiger partial charge in [-0.1, -0.05) is 12.2 Å². The van der Waals surface area contributed by atoms with Crippen molar-refractivity contribution in [2.45, 2.75) is 38.5 Å². The molecule has 1 atom stereocenters. The van der Waals surface area contributed by atoms with E-state index < -0.39 is 16.9 Å². The van der Waals surface area contributed by atoms with E-state index >= 15 is 0 Å². The third kappa shape index (κ3) is 5.57. The maximum absolute atomic E-state index is 13.2. The van der Waals surface area contributed by atoms with Crippen LogP contribution >= 0.6 is 0 Å². The first-order chi connectivity index (χ1) is 10.9. The molecule has 23 heavy (non-hydrogen) atoms. The maximum atomic E-state index is 13.2. The van der Waals surface area contributed by atoms with Crippen molar-refractivity contribution in [3.63, 3.8) is 0 Å². The highest BCUT2D eigenvalue weighted by Gasteiger charge is 2.33. The summed E-state index contributed by atoms with van der Waals surface area (Å²) >= 11 is 0. The van der Waals surface area contributed by atoms with E-state index in [-0.39, 0.29) is 18.8 Å². The first-order valence-corrected chi connectivity index (χ1v) is 9.24. The molecule has 1 aliphatic carbocycles. The molecule has 0 aliphatic heterocycles. The molecule has 2 rings (SSSR count). The molecule has 0 spiro atoms. The van der Waals surface area contributed by atoms with E-state index in [0.29, 0.717) is 31.0 Å². The molecule has 1 unspecified atom stereocenters. The number of alkyl halides is 2. The molecular weight excluding hydrogens is 322 g/mol. The van der Waals surface area contributed by atoms with Crippen LogP contribution in [0.25, 0.3) is 6.08 Å². The van der Waals surface area contributed by atoms with E-state index in [1.807, 2.05) is 19.1 Å². The van der Waals surface area contributed by atoms with Crippen LogP contribution in [0.5, 0.6) is 5.88 Å². The molecule has 1 heterocycles. The van der Waals surface area contributed by atoms with Crippen LogP contribution < -0.4 is 9.46 Å². The quantitative estimate of drug-likeness (QED) is 0.848. The number of anilines is 1. The molecular formula is C16H22F2N2O2S. The molecule has 1 fully saturated rings. The Hall–Kier alpha value is -1.50. The largest absolute Gasteiger partial charge is 0.478 e. The molecule has 1 aromatic rings. The Morgan fingerprint density at radius 1 is 1.48 bits per heavy atom. The summed E-state index contributed by atoms with van der Waals surface area (Å²) < 4.78 is 45.9. The van der Waals surface area contributed by atoms with Crippen LogP contribution in [-0.2, 0) is 11.0 Å². The van der Waals surface area contributed by atoms with E-state index in [2.05, 4.69) is 9.71 Å². The summed E-state index contributed by atoms with van der Waals surface area (Å²) in [6.07, 6.45) is 7.75. The van der Waals surface area contributed by atoms with Crippen LogP contribution in [0.3, 0.4) is 0 Å². The zero-order valence-corrected chi connectivity index (χ0v) is 14.2. The van der Waals surface area contributed by atoms with Crippen molar-refractivity contribution >= 4 is 22.7 Å². The fourth-order valence-electron chi connectivity index (χ4n) is 2.56. The predicted octanol–water partition coefficient (Wildman–Crippen LogP) is 4.02. The monoisotopic (exact) mass is 344 g/mol. The number of hydrogen-bond acceptors (Lipinski definition) is 3. The van der Waals surface area contributed by atoms with E-state index in [1.165, 1.54) is 6.26 Å². The van der Waals surface area contributed by atoms with Crippen molar-refractivity contribution in [1.82, 2.24) is 4.98 Å². The summed E-state index contributed by atoms with van der Waals surface area (Å²) in [5, 5.41) is 0. The van der Waals surface area contributed by atoms with Crippen LogP contribution in [0.15, 0.2) is 18.3 Å². The fraction of sp³-hybridized carbons (Fsp3) is 0.562. The minimum absolute atomic E-state index is 0.0605. The molecule has 4 nitrogen and oxygen atoms in total. The summed E-state index contributed by atoms with van der Waals surface area (Å²) in [7, 11) is -1.19. The number of halogens is 2. The Labute approximate surface area is 137 Å². The molecule has 0 amide bonds. The highest BCUT2D eigenvalue weighted by molar-refractivity contribution is 7.85. The Bertz CT molecular complexity index is 583. The summed E-state index contributed by atoms with van der Waals surface area (Å²) in [6, 6.07) is 1.80. The van der Waals surface area contributed by atoms with Gasteiger partial charge in [-0.3, -0.25) is 0 Å². The number of allylic oxidation sites excluding steroid dienone is 1. The second-order valence-electron chi connectivity index (χ2n) is 5.66. The number of aromatic nitrogens is 1. The van der Waals surface area contributed by atoms with Gasteiger partial charge < -0.3 is 9.46 Å². The van der Waals surface area contributed by atoms with Crippen molar-refractivity contribution in [1.29, 1.82) is 0 Å². The smallest absolute Gasteiger partial charge is 0.248 e. The van der Waals surface area contributed by atoms with Gasteiger partial charge in [-0.05, 0) is 31.7 Å². The standard InChI is InChI=1S/C16H22F2N2O2S/c1-3-22-15-13(10-14(11-19-15)20-23(2)21)5-4-12-6-8-16(17,18)9-7-12/h4-5,10-12,20H,3,6-9H2,1-2H3/b5-4+. The lowest BCUT2D eigenvalue weighted by atomic mass is 9.86. The number of pyridine rings is 1. The average Bonchev–Trinajstić information content (AvgIpc) is 2.48. The van der Waals surface area contributed by atoms with Crippen molar-refractivity contribution < 1.29 is 17.7 Å². The van der Waals surface area contributed by atoms with Crippen molar-refractivity contribution in [3.8, 4) is 5.88 Å². The Balaban J connectivity index is 2.12. The first kappa shape index (κ1) is 17.8. The van der Waals surface area contributed by atoms with Crippen molar-refractivity contribution in [3.05, 3.63) is 23.9 Å². The van der Waals surface area contributed by atoms with E-state index in [9.17, 15) is 13.0 Å². The summed E-state index contributed by atoms with van der Waals surface area (Å²) in [6.45, 7) is 2.35. The third-order valence-corrected chi connectivity index (χ3v) is 4.25. The van der Waals surface area contributed by atoms with Crippen LogP contribution in [0.4, 0.5) is 14.5 Å². The number of nitrogens with one attached hydrogen (secondary N) is 1. The third-order valence-electron chi connectivity index (χ3n) is 3.73. The van der Waals surface area contributed by atoms with E-state index in [0.717, 1.165) is 5.56 Å². The highest BCUT2D eigenvalue weighted by atomic mass is 32.2. The maximum Gasteiger partial charge on any atom is 0.248 e. The van der Waals surface area contributed by atoms with Gasteiger partial charge in [-0.2, -0.15) is 0 Å². The molecule has 1 N–H and O–H groups in total. The molecule has 1 aromatic heterocycles. The molecule has 7 heteroatoms. The van der Waals surface area contributed by atoms with Gasteiger partial charge >= 0.3 is 0 Å². The van der Waals surface area contributed by atoms with Gasteiger partial charge in [-0.15, -0.1) is 0 Å². The Morgan fingerprint density at radius 2 is 2.17 bits per heavy atom. The Kier molecular flexibility index (Phi) is 6.10. The van der Waals surface area contributed by atoms with Gasteiger partial charge in [-0.25, -0.2) is 18.0 Å². The van der Waals surface area contributed by atoms with Gasteiger partial charge in [0, 0.05) is 24.7 Å². The fourth-order valence-corrected chi connectivity index (χ4v) is 3.01. The highest BCUT2D eigenvalue weighted by Crippen LogP contribution is 2.37. The molecule has 128 valence electrons.